The molecule has 1 aromatic carbocycles. The maximum Gasteiger partial charge on any atom is 0.315 e. The Balaban J connectivity index is 1.61. The van der Waals surface area contributed by atoms with Gasteiger partial charge in [-0.2, -0.15) is 0 Å². The highest BCUT2D eigenvalue weighted by Crippen LogP contribution is 2.30. The van der Waals surface area contributed by atoms with Gasteiger partial charge in [-0.3, -0.25) is 4.79 Å². The lowest BCUT2D eigenvalue weighted by molar-refractivity contribution is -0.118. The van der Waals surface area contributed by atoms with Gasteiger partial charge in [0.05, 0.1) is 17.8 Å². The molecule has 25 heavy (non-hydrogen) atoms. The van der Waals surface area contributed by atoms with Gasteiger partial charge >= 0.3 is 6.03 Å². The van der Waals surface area contributed by atoms with Crippen molar-refractivity contribution in [1.29, 1.82) is 0 Å². The summed E-state index contributed by atoms with van der Waals surface area (Å²) < 4.78 is 10.8. The average Bonchev–Trinajstić information content (AvgIpc) is 3.00. The topological polar surface area (TPSA) is 92.6 Å². The Bertz CT molecular complexity index is 799. The Labute approximate surface area is 145 Å². The van der Waals surface area contributed by atoms with Crippen LogP contribution < -0.4 is 20.7 Å². The van der Waals surface area contributed by atoms with E-state index in [9.17, 15) is 9.59 Å². The maximum atomic E-state index is 12.2. The number of carbonyl (C=O) groups is 2. The highest BCUT2D eigenvalue weighted by Gasteiger charge is 2.19. The van der Waals surface area contributed by atoms with Crippen LogP contribution in [0.5, 0.6) is 5.75 Å². The summed E-state index contributed by atoms with van der Waals surface area (Å²) in [6.45, 7) is 5.60. The van der Waals surface area contributed by atoms with Gasteiger partial charge in [0.1, 0.15) is 17.3 Å². The molecule has 0 bridgehead atoms. The van der Waals surface area contributed by atoms with E-state index in [4.69, 9.17) is 9.15 Å². The number of rotatable bonds is 4. The van der Waals surface area contributed by atoms with E-state index < -0.39 is 0 Å². The van der Waals surface area contributed by atoms with Crippen molar-refractivity contribution in [2.45, 2.75) is 32.9 Å². The van der Waals surface area contributed by atoms with Crippen LogP contribution in [0.3, 0.4) is 0 Å². The van der Waals surface area contributed by atoms with Crippen LogP contribution in [0, 0.1) is 6.92 Å². The van der Waals surface area contributed by atoms with E-state index in [2.05, 4.69) is 16.0 Å². The van der Waals surface area contributed by atoms with Crippen molar-refractivity contribution < 1.29 is 18.7 Å². The molecule has 0 saturated heterocycles. The summed E-state index contributed by atoms with van der Waals surface area (Å²) in [7, 11) is 0. The minimum atomic E-state index is -0.299. The second-order valence-corrected chi connectivity index (χ2v) is 6.10. The summed E-state index contributed by atoms with van der Waals surface area (Å²) >= 11 is 0. The summed E-state index contributed by atoms with van der Waals surface area (Å²) in [5, 5.41) is 8.48. The first-order chi connectivity index (χ1) is 11.9. The molecule has 7 heteroatoms. The fourth-order valence-electron chi connectivity index (χ4n) is 2.65. The summed E-state index contributed by atoms with van der Waals surface area (Å²) in [6, 6.07) is 8.37. The fraction of sp³-hybridized carbons (Fsp3) is 0.333. The van der Waals surface area contributed by atoms with Crippen molar-refractivity contribution in [1.82, 2.24) is 10.6 Å². The second-order valence-electron chi connectivity index (χ2n) is 6.10. The number of hydrogen-bond donors (Lipinski definition) is 3. The quantitative estimate of drug-likeness (QED) is 0.795. The molecule has 1 aliphatic heterocycles. The molecule has 132 valence electrons. The van der Waals surface area contributed by atoms with Crippen molar-refractivity contribution >= 4 is 17.6 Å². The minimum absolute atomic E-state index is 0.0205. The number of ether oxygens (including phenoxy) is 1. The standard InChI is InChI=1S/C18H21N3O4/c1-10-4-6-15(25-10)12(3)20-18(23)19-11(2)13-5-7-16-14(8-13)21-17(22)9-24-16/h4-8,11-12H,9H2,1-3H3,(H,21,22)(H2,19,20,23)/t11-,12+/m1/s1. The van der Waals surface area contributed by atoms with Crippen LogP contribution in [-0.4, -0.2) is 18.5 Å². The van der Waals surface area contributed by atoms with E-state index in [-0.39, 0.29) is 30.6 Å². The van der Waals surface area contributed by atoms with Crippen LogP contribution in [0.1, 0.15) is 43.0 Å². The van der Waals surface area contributed by atoms with Gasteiger partial charge in [0.15, 0.2) is 6.61 Å². The molecule has 0 aliphatic carbocycles. The Morgan fingerprint density at radius 1 is 1.16 bits per heavy atom. The van der Waals surface area contributed by atoms with Crippen LogP contribution >= 0.6 is 0 Å². The van der Waals surface area contributed by atoms with E-state index in [1.54, 1.807) is 12.1 Å². The predicted octanol–water partition coefficient (Wildman–Crippen LogP) is 3.04. The molecular formula is C18H21N3O4. The molecule has 2 aromatic rings. The fourth-order valence-corrected chi connectivity index (χ4v) is 2.65. The van der Waals surface area contributed by atoms with Gasteiger partial charge in [-0.25, -0.2) is 4.79 Å². The number of carbonyl (C=O) groups excluding carboxylic acids is 2. The summed E-state index contributed by atoms with van der Waals surface area (Å²) in [5.74, 6) is 1.94. The van der Waals surface area contributed by atoms with Gasteiger partial charge in [0, 0.05) is 0 Å². The van der Waals surface area contributed by atoms with Gasteiger partial charge in [0.25, 0.3) is 5.91 Å². The van der Waals surface area contributed by atoms with Crippen molar-refractivity contribution in [3.63, 3.8) is 0 Å². The van der Waals surface area contributed by atoms with E-state index in [1.807, 2.05) is 39.0 Å². The lowest BCUT2D eigenvalue weighted by Crippen LogP contribution is -2.38. The number of benzene rings is 1. The molecule has 2 atom stereocenters. The molecule has 3 rings (SSSR count). The van der Waals surface area contributed by atoms with E-state index >= 15 is 0 Å². The van der Waals surface area contributed by atoms with E-state index in [0.29, 0.717) is 17.2 Å². The molecule has 2 heterocycles. The first-order valence-corrected chi connectivity index (χ1v) is 8.12. The molecule has 7 nitrogen and oxygen atoms in total. The van der Waals surface area contributed by atoms with Crippen LogP contribution in [0.15, 0.2) is 34.7 Å². The summed E-state index contributed by atoms with van der Waals surface area (Å²) in [4.78, 5) is 23.6. The maximum absolute atomic E-state index is 12.2. The number of anilines is 1. The number of hydrogen-bond acceptors (Lipinski definition) is 4. The number of amides is 3. The molecule has 3 N–H and O–H groups in total. The Morgan fingerprint density at radius 3 is 2.64 bits per heavy atom. The van der Waals surface area contributed by atoms with Crippen molar-refractivity contribution in [2.24, 2.45) is 0 Å². The Morgan fingerprint density at radius 2 is 1.92 bits per heavy atom. The highest BCUT2D eigenvalue weighted by molar-refractivity contribution is 5.95. The molecule has 0 radical (unpaired) electrons. The Kier molecular flexibility index (Phi) is 4.65. The minimum Gasteiger partial charge on any atom is -0.482 e. The van der Waals surface area contributed by atoms with Crippen molar-refractivity contribution in [2.75, 3.05) is 11.9 Å². The van der Waals surface area contributed by atoms with Crippen LogP contribution in [-0.2, 0) is 4.79 Å². The molecule has 0 spiro atoms. The largest absolute Gasteiger partial charge is 0.482 e. The second kappa shape index (κ2) is 6.88. The molecule has 1 aromatic heterocycles. The first kappa shape index (κ1) is 16.9. The zero-order chi connectivity index (χ0) is 18.0. The van der Waals surface area contributed by atoms with Gasteiger partial charge in [-0.15, -0.1) is 0 Å². The van der Waals surface area contributed by atoms with Crippen LogP contribution in [0.25, 0.3) is 0 Å². The van der Waals surface area contributed by atoms with Crippen molar-refractivity contribution in [3.05, 3.63) is 47.4 Å². The van der Waals surface area contributed by atoms with Gasteiger partial charge in [-0.05, 0) is 50.6 Å². The highest BCUT2D eigenvalue weighted by atomic mass is 16.5. The van der Waals surface area contributed by atoms with Crippen molar-refractivity contribution in [3.8, 4) is 5.75 Å². The van der Waals surface area contributed by atoms with Crippen LogP contribution in [0.4, 0.5) is 10.5 Å². The zero-order valence-electron chi connectivity index (χ0n) is 14.4. The molecule has 0 fully saturated rings. The van der Waals surface area contributed by atoms with E-state index in [1.165, 1.54) is 0 Å². The molecular weight excluding hydrogens is 322 g/mol. The van der Waals surface area contributed by atoms with Gasteiger partial charge in [-0.1, -0.05) is 6.07 Å². The molecule has 1 aliphatic rings. The molecule has 0 unspecified atom stereocenters. The smallest absolute Gasteiger partial charge is 0.315 e. The van der Waals surface area contributed by atoms with E-state index in [0.717, 1.165) is 11.3 Å². The SMILES string of the molecule is Cc1ccc([C@H](C)NC(=O)N[C@H](C)c2ccc3c(c2)NC(=O)CO3)o1. The average molecular weight is 343 g/mol. The molecule has 3 amide bonds. The monoisotopic (exact) mass is 343 g/mol. The summed E-state index contributed by atoms with van der Waals surface area (Å²) in [6.07, 6.45) is 0. The van der Waals surface area contributed by atoms with Gasteiger partial charge < -0.3 is 25.1 Å². The third kappa shape index (κ3) is 3.93. The molecule has 0 saturated carbocycles. The number of urea groups is 1. The normalized spacial score (nSPS) is 15.4. The number of fused-ring (bicyclic) bond motifs is 1. The predicted molar refractivity (Wildman–Crippen MR) is 92.5 cm³/mol. The third-order valence-corrected chi connectivity index (χ3v) is 4.02. The lowest BCUT2D eigenvalue weighted by atomic mass is 10.1. The number of aryl methyl sites for hydroxylation is 1. The summed E-state index contributed by atoms with van der Waals surface area (Å²) in [5.41, 5.74) is 1.48. The van der Waals surface area contributed by atoms with Gasteiger partial charge in [0.2, 0.25) is 0 Å². The number of nitrogens with one attached hydrogen (secondary N) is 3. The number of furan rings is 1. The lowest BCUT2D eigenvalue weighted by Gasteiger charge is -2.21. The van der Waals surface area contributed by atoms with Crippen LogP contribution in [0.2, 0.25) is 0 Å². The zero-order valence-corrected chi connectivity index (χ0v) is 14.4. The Hall–Kier alpha value is -2.96. The first-order valence-electron chi connectivity index (χ1n) is 8.12. The third-order valence-electron chi connectivity index (χ3n) is 4.02.